The Labute approximate surface area is 191 Å². The van der Waals surface area contributed by atoms with Crippen LogP contribution < -0.4 is 5.32 Å². The molecule has 0 radical (unpaired) electrons. The minimum Gasteiger partial charge on any atom is -0.454 e. The number of benzene rings is 2. The molecule has 1 aliphatic carbocycles. The first kappa shape index (κ1) is 20.7. The lowest BCUT2D eigenvalue weighted by Crippen LogP contribution is -2.82. The van der Waals surface area contributed by atoms with Gasteiger partial charge in [-0.25, -0.2) is 9.59 Å². The van der Waals surface area contributed by atoms with Crippen molar-refractivity contribution in [2.75, 3.05) is 0 Å². The Morgan fingerprint density at radius 2 is 1.76 bits per heavy atom. The van der Waals surface area contributed by atoms with Crippen molar-refractivity contribution < 1.29 is 28.9 Å². The summed E-state index contributed by atoms with van der Waals surface area (Å²) in [6, 6.07) is 18.9. The average molecular weight is 450 g/mol. The highest BCUT2D eigenvalue weighted by Crippen LogP contribution is 2.56. The number of rotatable bonds is 5. The second-order valence-electron chi connectivity index (χ2n) is 9.63. The number of fused-ring (bicyclic) bond motifs is 1. The van der Waals surface area contributed by atoms with Crippen molar-refractivity contribution >= 4 is 12.0 Å². The number of carbonyl (C=O) groups excluding carboxylic acids is 2. The zero-order chi connectivity index (χ0) is 22.8. The number of nitrogens with zero attached hydrogens (tertiary/aromatic N) is 1. The zero-order valence-corrected chi connectivity index (χ0v) is 18.2. The van der Waals surface area contributed by atoms with Crippen molar-refractivity contribution in [3.8, 4) is 0 Å². The summed E-state index contributed by atoms with van der Waals surface area (Å²) in [6.45, 7) is 2.24. The van der Waals surface area contributed by atoms with Gasteiger partial charge in [-0.05, 0) is 24.5 Å². The van der Waals surface area contributed by atoms with Crippen LogP contribution in [-0.2, 0) is 32.2 Å². The van der Waals surface area contributed by atoms with Gasteiger partial charge in [0.25, 0.3) is 0 Å². The second-order valence-corrected chi connectivity index (χ2v) is 9.63. The number of hydrogen-bond donors (Lipinski definition) is 2. The summed E-state index contributed by atoms with van der Waals surface area (Å²) in [6.07, 6.45) is -3.02. The molecule has 4 aliphatic rings. The summed E-state index contributed by atoms with van der Waals surface area (Å²) in [5, 5.41) is 14.4. The van der Waals surface area contributed by atoms with Gasteiger partial charge in [-0.1, -0.05) is 60.7 Å². The Balaban J connectivity index is 1.38. The average Bonchev–Trinajstić information content (AvgIpc) is 3.07. The monoisotopic (exact) mass is 450 g/mol. The maximum absolute atomic E-state index is 13.3. The third-order valence-electron chi connectivity index (χ3n) is 7.48. The van der Waals surface area contributed by atoms with E-state index >= 15 is 0 Å². The Morgan fingerprint density at radius 3 is 2.45 bits per heavy atom. The van der Waals surface area contributed by atoms with E-state index in [1.807, 2.05) is 60.7 Å². The molecule has 3 bridgehead atoms. The van der Waals surface area contributed by atoms with Crippen LogP contribution in [0, 0.1) is 5.92 Å². The Morgan fingerprint density at radius 1 is 1.09 bits per heavy atom. The van der Waals surface area contributed by atoms with Crippen LogP contribution in [0.5, 0.6) is 0 Å². The van der Waals surface area contributed by atoms with Crippen molar-refractivity contribution in [1.29, 1.82) is 0 Å². The van der Waals surface area contributed by atoms with Crippen LogP contribution in [0.15, 0.2) is 60.7 Å². The van der Waals surface area contributed by atoms with Crippen LogP contribution in [0.1, 0.15) is 24.5 Å². The molecule has 0 aromatic heterocycles. The van der Waals surface area contributed by atoms with Crippen molar-refractivity contribution in [2.24, 2.45) is 5.92 Å². The van der Waals surface area contributed by atoms with E-state index in [9.17, 15) is 14.7 Å². The van der Waals surface area contributed by atoms with Crippen molar-refractivity contribution in [3.63, 3.8) is 0 Å². The first-order chi connectivity index (χ1) is 15.9. The Bertz CT molecular complexity index is 1080. The number of nitrogens with one attached hydrogen (secondary N) is 1. The van der Waals surface area contributed by atoms with Gasteiger partial charge >= 0.3 is 12.0 Å². The van der Waals surface area contributed by atoms with E-state index in [0.717, 1.165) is 11.1 Å². The van der Waals surface area contributed by atoms with Crippen molar-refractivity contribution in [1.82, 2.24) is 10.2 Å². The third-order valence-corrected chi connectivity index (χ3v) is 7.48. The molecule has 7 atom stereocenters. The fourth-order valence-electron chi connectivity index (χ4n) is 5.99. The topological polar surface area (TPSA) is 97.3 Å². The van der Waals surface area contributed by atoms with Crippen LogP contribution in [-0.4, -0.2) is 57.7 Å². The molecule has 8 nitrogen and oxygen atoms in total. The summed E-state index contributed by atoms with van der Waals surface area (Å²) in [4.78, 5) is 27.9. The van der Waals surface area contributed by atoms with Gasteiger partial charge in [0.1, 0.15) is 23.5 Å². The number of hydrogen-bond acceptors (Lipinski definition) is 6. The Hall–Kier alpha value is -2.94. The molecule has 2 aromatic rings. The van der Waals surface area contributed by atoms with Crippen LogP contribution >= 0.6 is 0 Å². The Kier molecular flexibility index (Phi) is 4.56. The number of urea groups is 1. The lowest BCUT2D eigenvalue weighted by atomic mass is 9.60. The van der Waals surface area contributed by atoms with E-state index in [1.165, 1.54) is 0 Å². The highest BCUT2D eigenvalue weighted by molar-refractivity contribution is 5.85. The number of carbonyl (C=O) groups is 2. The van der Waals surface area contributed by atoms with Gasteiger partial charge in [-0.15, -0.1) is 0 Å². The normalized spacial score (nSPS) is 38.6. The van der Waals surface area contributed by atoms with Crippen LogP contribution in [0.25, 0.3) is 0 Å². The van der Waals surface area contributed by atoms with E-state index in [2.05, 4.69) is 5.32 Å². The van der Waals surface area contributed by atoms with Crippen LogP contribution in [0.3, 0.4) is 0 Å². The van der Waals surface area contributed by atoms with Crippen LogP contribution in [0.2, 0.25) is 0 Å². The van der Waals surface area contributed by atoms with Gasteiger partial charge in [-0.3, -0.25) is 4.90 Å². The highest BCUT2D eigenvalue weighted by Gasteiger charge is 2.77. The highest BCUT2D eigenvalue weighted by atomic mass is 16.6. The molecule has 6 rings (SSSR count). The minimum atomic E-state index is -1.33. The van der Waals surface area contributed by atoms with Gasteiger partial charge < -0.3 is 24.6 Å². The van der Waals surface area contributed by atoms with Crippen LogP contribution in [0.4, 0.5) is 4.79 Å². The molecule has 2 amide bonds. The number of amides is 2. The largest absolute Gasteiger partial charge is 0.454 e. The fraction of sp³-hybridized carbons (Fsp3) is 0.440. The molecule has 2 N–H and O–H groups in total. The quantitative estimate of drug-likeness (QED) is 0.676. The predicted molar refractivity (Wildman–Crippen MR) is 116 cm³/mol. The van der Waals surface area contributed by atoms with Gasteiger partial charge in [-0.2, -0.15) is 0 Å². The van der Waals surface area contributed by atoms with E-state index in [-0.39, 0.29) is 18.6 Å². The number of ether oxygens (including phenoxy) is 3. The smallest absolute Gasteiger partial charge is 0.338 e. The van der Waals surface area contributed by atoms with Gasteiger partial charge in [0.05, 0.1) is 6.61 Å². The molecule has 2 aromatic carbocycles. The number of esters is 1. The molecule has 172 valence electrons. The molecule has 1 saturated carbocycles. The molecule has 33 heavy (non-hydrogen) atoms. The van der Waals surface area contributed by atoms with E-state index in [1.54, 1.807) is 11.8 Å². The first-order valence-electron chi connectivity index (χ1n) is 11.3. The molecule has 4 fully saturated rings. The van der Waals surface area contributed by atoms with Crippen molar-refractivity contribution in [2.45, 2.75) is 62.2 Å². The minimum absolute atomic E-state index is 0.255. The maximum Gasteiger partial charge on any atom is 0.338 e. The molecule has 3 saturated heterocycles. The maximum atomic E-state index is 13.3. The van der Waals surface area contributed by atoms with Gasteiger partial charge in [0.2, 0.25) is 0 Å². The van der Waals surface area contributed by atoms with E-state index in [4.69, 9.17) is 14.2 Å². The molecular formula is C25H26N2O6. The van der Waals surface area contributed by atoms with Gasteiger partial charge in [0.15, 0.2) is 12.2 Å². The van der Waals surface area contributed by atoms with Gasteiger partial charge in [0, 0.05) is 12.5 Å². The third kappa shape index (κ3) is 3.01. The SMILES string of the molecule is C[C@]1(O)C[C@@H]2[C@@H]3O[C@@H]4C(=O)O[C@H]1C(OCc1ccccc1)[C@@]42NC(=O)N3Cc1ccccc1. The fourth-order valence-corrected chi connectivity index (χ4v) is 5.99. The summed E-state index contributed by atoms with van der Waals surface area (Å²) in [5.74, 6) is -0.919. The van der Waals surface area contributed by atoms with Crippen molar-refractivity contribution in [3.05, 3.63) is 71.8 Å². The summed E-state index contributed by atoms with van der Waals surface area (Å²) < 4.78 is 18.2. The molecule has 8 heteroatoms. The zero-order valence-electron chi connectivity index (χ0n) is 18.2. The molecule has 3 heterocycles. The lowest BCUT2D eigenvalue weighted by molar-refractivity contribution is -0.252. The summed E-state index contributed by atoms with van der Waals surface area (Å²) in [7, 11) is 0. The summed E-state index contributed by atoms with van der Waals surface area (Å²) >= 11 is 0. The first-order valence-corrected chi connectivity index (χ1v) is 11.3. The molecule has 3 aliphatic heterocycles. The summed E-state index contributed by atoms with van der Waals surface area (Å²) in [5.41, 5.74) is -0.530. The molecule has 1 unspecified atom stereocenters. The second kappa shape index (κ2) is 7.28. The molecule has 1 spiro atoms. The predicted octanol–water partition coefficient (Wildman–Crippen LogP) is 1.96. The van der Waals surface area contributed by atoms with E-state index < -0.39 is 41.6 Å². The standard InChI is InChI=1S/C25H26N2O6/c1-24(30)12-17-21-27(13-15-8-4-2-5-9-15)23(29)26-25(17)19(18(24)33-22(28)20(25)32-21)31-14-16-10-6-3-7-11-16/h2-11,17-21,30H,12-14H2,1H3,(H,26,29)/t17-,18+,19?,20-,21+,24+,25-/m1/s1. The van der Waals surface area contributed by atoms with E-state index in [0.29, 0.717) is 13.0 Å². The number of aliphatic hydroxyl groups is 1. The molecular weight excluding hydrogens is 424 g/mol. The lowest BCUT2D eigenvalue weighted by Gasteiger charge is -2.59.